The summed E-state index contributed by atoms with van der Waals surface area (Å²) in [5.41, 5.74) is 0. The van der Waals surface area contributed by atoms with Crippen molar-refractivity contribution in [3.8, 4) is 0 Å². The van der Waals surface area contributed by atoms with Crippen LogP contribution in [0.15, 0.2) is 0 Å². The summed E-state index contributed by atoms with van der Waals surface area (Å²) in [6, 6.07) is 0. The summed E-state index contributed by atoms with van der Waals surface area (Å²) in [7, 11) is 4.13. The van der Waals surface area contributed by atoms with Crippen molar-refractivity contribution in [2.24, 2.45) is 0 Å². The smallest absolute Gasteiger partial charge is 0.305 e. The molecule has 2 aliphatic heterocycles. The molecule has 2 fully saturated rings. The molecule has 0 unspecified atom stereocenters. The Morgan fingerprint density at radius 1 is 0.757 bits per heavy atom. The molecule has 0 spiro atoms. The van der Waals surface area contributed by atoms with Crippen molar-refractivity contribution in [3.05, 3.63) is 0 Å². The molecule has 5 N–H and O–H groups in total. The average molecular weight is 541 g/mol. The molecule has 2 rings (SSSR count). The average Bonchev–Trinajstić information content (AvgIpc) is 2.90. The summed E-state index contributed by atoms with van der Waals surface area (Å²) in [5, 5.41) is 51.2. The minimum atomic E-state index is -1.60. The van der Waals surface area contributed by atoms with Gasteiger partial charge in [0.1, 0.15) is 48.8 Å². The van der Waals surface area contributed by atoms with Crippen LogP contribution in [0.5, 0.6) is 0 Å². The van der Waals surface area contributed by atoms with Crippen LogP contribution >= 0.6 is 0 Å². The highest BCUT2D eigenvalue weighted by molar-refractivity contribution is 5.68. The molecule has 0 aromatic carbocycles. The number of ether oxygens (including phenoxy) is 7. The van der Waals surface area contributed by atoms with Crippen molar-refractivity contribution in [2.75, 3.05) is 41.2 Å². The van der Waals surface area contributed by atoms with Gasteiger partial charge in [0, 0.05) is 27.2 Å². The Kier molecular flexibility index (Phi) is 14.7. The van der Waals surface area contributed by atoms with Crippen molar-refractivity contribution >= 4 is 5.97 Å². The maximum absolute atomic E-state index is 11.1. The van der Waals surface area contributed by atoms with Crippen molar-refractivity contribution < 1.29 is 63.5 Å². The first kappa shape index (κ1) is 32.2. The monoisotopic (exact) mass is 540 g/mol. The zero-order valence-corrected chi connectivity index (χ0v) is 21.8. The van der Waals surface area contributed by atoms with Crippen molar-refractivity contribution in [1.29, 1.82) is 0 Å². The molecule has 0 saturated carbocycles. The largest absolute Gasteiger partial charge is 0.469 e. The molecule has 0 aliphatic carbocycles. The van der Waals surface area contributed by atoms with Gasteiger partial charge in [-0.25, -0.2) is 0 Å². The number of aliphatic hydroxyl groups is 5. The van der Waals surface area contributed by atoms with Gasteiger partial charge in [0.15, 0.2) is 12.6 Å². The van der Waals surface area contributed by atoms with E-state index in [1.165, 1.54) is 21.3 Å². The second kappa shape index (κ2) is 16.9. The highest BCUT2D eigenvalue weighted by Crippen LogP contribution is 2.31. The molecular formula is C24H44O13. The predicted octanol–water partition coefficient (Wildman–Crippen LogP) is -1.16. The molecule has 37 heavy (non-hydrogen) atoms. The van der Waals surface area contributed by atoms with Crippen LogP contribution in [0.4, 0.5) is 0 Å². The number of hydrogen-bond donors (Lipinski definition) is 5. The number of unbranched alkanes of at least 4 members (excludes halogenated alkanes) is 5. The first-order chi connectivity index (χ1) is 17.8. The Morgan fingerprint density at radius 3 is 2.03 bits per heavy atom. The van der Waals surface area contributed by atoms with E-state index in [0.717, 1.165) is 32.1 Å². The van der Waals surface area contributed by atoms with E-state index in [0.29, 0.717) is 19.4 Å². The molecule has 0 aromatic heterocycles. The summed E-state index contributed by atoms with van der Waals surface area (Å²) in [6.07, 6.45) is -6.73. The summed E-state index contributed by atoms with van der Waals surface area (Å²) in [4.78, 5) is 11.1. The van der Waals surface area contributed by atoms with Gasteiger partial charge >= 0.3 is 5.97 Å². The summed E-state index contributed by atoms with van der Waals surface area (Å²) >= 11 is 0. The molecule has 2 aliphatic rings. The Morgan fingerprint density at radius 2 is 1.41 bits per heavy atom. The van der Waals surface area contributed by atoms with Gasteiger partial charge in [-0.1, -0.05) is 25.7 Å². The molecule has 10 atom stereocenters. The normalized spacial score (nSPS) is 36.4. The number of aliphatic hydroxyl groups excluding tert-OH is 5. The number of carbonyl (C=O) groups excluding carboxylic acids is 1. The van der Waals surface area contributed by atoms with Crippen LogP contribution in [0, 0.1) is 0 Å². The number of esters is 1. The minimum absolute atomic E-state index is 0.0580. The molecule has 13 heteroatoms. The van der Waals surface area contributed by atoms with Crippen LogP contribution in [0.1, 0.15) is 44.9 Å². The highest BCUT2D eigenvalue weighted by Gasteiger charge is 2.51. The first-order valence-corrected chi connectivity index (χ1v) is 12.8. The topological polar surface area (TPSA) is 183 Å². The van der Waals surface area contributed by atoms with Gasteiger partial charge in [0.2, 0.25) is 0 Å². The van der Waals surface area contributed by atoms with Gasteiger partial charge < -0.3 is 58.7 Å². The maximum Gasteiger partial charge on any atom is 0.305 e. The number of hydrogen-bond acceptors (Lipinski definition) is 13. The summed E-state index contributed by atoms with van der Waals surface area (Å²) < 4.78 is 38.3. The molecule has 218 valence electrons. The van der Waals surface area contributed by atoms with E-state index in [1.807, 2.05) is 0 Å². The second-order valence-electron chi connectivity index (χ2n) is 9.31. The molecule has 0 amide bonds. The Labute approximate surface area is 217 Å². The van der Waals surface area contributed by atoms with Gasteiger partial charge in [-0.2, -0.15) is 0 Å². The fourth-order valence-corrected chi connectivity index (χ4v) is 4.46. The molecule has 0 aromatic rings. The van der Waals surface area contributed by atoms with E-state index in [1.54, 1.807) is 0 Å². The van der Waals surface area contributed by atoms with E-state index in [4.69, 9.17) is 28.4 Å². The van der Waals surface area contributed by atoms with Crippen LogP contribution in [0.3, 0.4) is 0 Å². The molecule has 2 heterocycles. The lowest BCUT2D eigenvalue weighted by atomic mass is 9.97. The predicted molar refractivity (Wildman–Crippen MR) is 126 cm³/mol. The SMILES string of the molecule is COC[C@H]1O[C@@H](O[C@H]2[C@@H](OCCCCCCCCC(=O)OC)O[C@H](CO)[C@@H](O)[C@@H]2OC)[C@H](O)[C@@H](O)[C@@H]1O. The van der Waals surface area contributed by atoms with Gasteiger partial charge in [0.25, 0.3) is 0 Å². The lowest BCUT2D eigenvalue weighted by Gasteiger charge is -2.46. The standard InChI is InChI=1S/C24H44O13/c1-31-13-15-17(27)19(29)20(30)23(36-15)37-22-21(33-3)18(28)14(12-25)35-24(22)34-11-9-7-5-4-6-8-10-16(26)32-2/h14-15,17-25,27-30H,4-13H2,1-3H3/t14-,15-,17-,18-,19+,20-,21+,22-,23+,24+/m1/s1. The molecule has 2 saturated heterocycles. The maximum atomic E-state index is 11.1. The molecule has 0 radical (unpaired) electrons. The Bertz CT molecular complexity index is 638. The zero-order valence-electron chi connectivity index (χ0n) is 21.8. The van der Waals surface area contributed by atoms with Crippen molar-refractivity contribution in [2.45, 2.75) is 106 Å². The third kappa shape index (κ3) is 9.32. The highest BCUT2D eigenvalue weighted by atomic mass is 16.8. The third-order valence-corrected chi connectivity index (χ3v) is 6.65. The van der Waals surface area contributed by atoms with Gasteiger partial charge in [0.05, 0.1) is 20.3 Å². The van der Waals surface area contributed by atoms with E-state index >= 15 is 0 Å². The van der Waals surface area contributed by atoms with E-state index in [9.17, 15) is 30.3 Å². The van der Waals surface area contributed by atoms with Crippen molar-refractivity contribution in [1.82, 2.24) is 0 Å². The van der Waals surface area contributed by atoms with Crippen molar-refractivity contribution in [3.63, 3.8) is 0 Å². The fourth-order valence-electron chi connectivity index (χ4n) is 4.46. The lowest BCUT2D eigenvalue weighted by Crippen LogP contribution is -2.65. The van der Waals surface area contributed by atoms with Gasteiger partial charge in [-0.3, -0.25) is 4.79 Å². The zero-order chi connectivity index (χ0) is 27.4. The molecule has 0 bridgehead atoms. The second-order valence-corrected chi connectivity index (χ2v) is 9.31. The van der Waals surface area contributed by atoms with Gasteiger partial charge in [-0.15, -0.1) is 0 Å². The summed E-state index contributed by atoms with van der Waals surface area (Å²) in [6.45, 7) is -0.251. The third-order valence-electron chi connectivity index (χ3n) is 6.65. The number of methoxy groups -OCH3 is 3. The van der Waals surface area contributed by atoms with Crippen LogP contribution in [-0.4, -0.2) is 134 Å². The van der Waals surface area contributed by atoms with E-state index < -0.39 is 68.0 Å². The number of carbonyl (C=O) groups is 1. The fraction of sp³-hybridized carbons (Fsp3) is 0.958. The van der Waals surface area contributed by atoms with Crippen LogP contribution < -0.4 is 0 Å². The molecular weight excluding hydrogens is 496 g/mol. The summed E-state index contributed by atoms with van der Waals surface area (Å²) in [5.74, 6) is -0.204. The lowest BCUT2D eigenvalue weighted by molar-refractivity contribution is -0.369. The van der Waals surface area contributed by atoms with Crippen LogP contribution in [0.2, 0.25) is 0 Å². The van der Waals surface area contributed by atoms with Crippen LogP contribution in [0.25, 0.3) is 0 Å². The van der Waals surface area contributed by atoms with Gasteiger partial charge in [-0.05, 0) is 12.8 Å². The quantitative estimate of drug-likeness (QED) is 0.117. The first-order valence-electron chi connectivity index (χ1n) is 12.8. The Balaban J connectivity index is 1.94. The van der Waals surface area contributed by atoms with Crippen LogP contribution in [-0.2, 0) is 38.0 Å². The van der Waals surface area contributed by atoms with E-state index in [2.05, 4.69) is 4.74 Å². The minimum Gasteiger partial charge on any atom is -0.469 e. The number of rotatable bonds is 16. The molecule has 13 nitrogen and oxygen atoms in total. The van der Waals surface area contributed by atoms with E-state index in [-0.39, 0.29) is 12.6 Å². The Hall–Kier alpha value is -0.970.